The highest BCUT2D eigenvalue weighted by atomic mass is 79.9. The average Bonchev–Trinajstić information content (AvgIpc) is 2.50. The maximum atomic E-state index is 6.74. The lowest BCUT2D eigenvalue weighted by Crippen LogP contribution is -2.46. The van der Waals surface area contributed by atoms with E-state index in [1.54, 1.807) is 0 Å². The van der Waals surface area contributed by atoms with Gasteiger partial charge in [-0.05, 0) is 65.6 Å². The molecule has 0 bridgehead atoms. The lowest BCUT2D eigenvalue weighted by atomic mass is 9.69. The molecule has 0 saturated heterocycles. The molecule has 1 unspecified atom stereocenters. The summed E-state index contributed by atoms with van der Waals surface area (Å²) in [4.78, 5) is 0. The Balaban J connectivity index is 2.25. The number of rotatable bonds is 4. The molecule has 0 aromatic heterocycles. The molecule has 1 nitrogen and oxygen atoms in total. The van der Waals surface area contributed by atoms with Gasteiger partial charge in [0.05, 0.1) is 6.10 Å². The van der Waals surface area contributed by atoms with E-state index in [4.69, 9.17) is 4.43 Å². The number of halogens is 1. The zero-order valence-electron chi connectivity index (χ0n) is 17.6. The van der Waals surface area contributed by atoms with Crippen molar-refractivity contribution in [1.82, 2.24) is 0 Å². The van der Waals surface area contributed by atoms with Crippen molar-refractivity contribution in [2.45, 2.75) is 78.1 Å². The van der Waals surface area contributed by atoms with Crippen LogP contribution in [0.4, 0.5) is 0 Å². The van der Waals surface area contributed by atoms with Gasteiger partial charge < -0.3 is 4.43 Å². The van der Waals surface area contributed by atoms with Gasteiger partial charge in [-0.1, -0.05) is 81.4 Å². The van der Waals surface area contributed by atoms with E-state index in [9.17, 15) is 0 Å². The molecular formula is C23H35BrOSi. The van der Waals surface area contributed by atoms with E-state index in [2.05, 4.69) is 101 Å². The summed E-state index contributed by atoms with van der Waals surface area (Å²) < 4.78 is 7.92. The minimum Gasteiger partial charge on any atom is -0.410 e. The van der Waals surface area contributed by atoms with Gasteiger partial charge in [0.15, 0.2) is 8.32 Å². The maximum Gasteiger partial charge on any atom is 0.192 e. The smallest absolute Gasteiger partial charge is 0.192 e. The molecule has 2 rings (SSSR count). The van der Waals surface area contributed by atoms with Crippen molar-refractivity contribution in [3.05, 3.63) is 58.1 Å². The van der Waals surface area contributed by atoms with Gasteiger partial charge in [0.1, 0.15) is 0 Å². The molecule has 0 radical (unpaired) electrons. The summed E-state index contributed by atoms with van der Waals surface area (Å²) in [5, 5.41) is 0.221. The van der Waals surface area contributed by atoms with Gasteiger partial charge in [-0.25, -0.2) is 0 Å². The van der Waals surface area contributed by atoms with Crippen LogP contribution in [0.15, 0.2) is 52.5 Å². The fourth-order valence-electron chi connectivity index (χ4n) is 3.35. The summed E-state index contributed by atoms with van der Waals surface area (Å²) in [6.07, 6.45) is 5.68. The molecule has 1 aliphatic carbocycles. The molecule has 0 amide bonds. The molecule has 0 spiro atoms. The Bertz CT molecular complexity index is 694. The van der Waals surface area contributed by atoms with Crippen molar-refractivity contribution in [2.24, 2.45) is 5.41 Å². The van der Waals surface area contributed by atoms with Gasteiger partial charge in [-0.15, -0.1) is 0 Å². The predicted octanol–water partition coefficient (Wildman–Crippen LogP) is 7.68. The molecular weight excluding hydrogens is 400 g/mol. The topological polar surface area (TPSA) is 9.23 Å². The van der Waals surface area contributed by atoms with Gasteiger partial charge >= 0.3 is 0 Å². The first-order valence-electron chi connectivity index (χ1n) is 9.66. The molecule has 26 heavy (non-hydrogen) atoms. The van der Waals surface area contributed by atoms with Crippen LogP contribution in [0.2, 0.25) is 18.1 Å². The monoisotopic (exact) mass is 434 g/mol. The highest BCUT2D eigenvalue weighted by molar-refractivity contribution is 9.10. The van der Waals surface area contributed by atoms with Crippen molar-refractivity contribution >= 4 is 24.2 Å². The summed E-state index contributed by atoms with van der Waals surface area (Å²) in [5.41, 5.74) is 4.04. The Morgan fingerprint density at radius 1 is 1.27 bits per heavy atom. The molecule has 1 fully saturated rings. The van der Waals surface area contributed by atoms with Crippen LogP contribution in [0.3, 0.4) is 0 Å². The van der Waals surface area contributed by atoms with E-state index in [-0.39, 0.29) is 16.6 Å². The predicted molar refractivity (Wildman–Crippen MR) is 120 cm³/mol. The van der Waals surface area contributed by atoms with Gasteiger partial charge in [0.25, 0.3) is 0 Å². The van der Waals surface area contributed by atoms with Crippen molar-refractivity contribution in [3.8, 4) is 0 Å². The summed E-state index contributed by atoms with van der Waals surface area (Å²) in [7, 11) is -1.80. The minimum atomic E-state index is -1.80. The SMILES string of the molecule is C=C1/C(=C\Cc2ccccc2Br)C(C)(C)CCC1O[Si](C)(C)C(C)(C)C. The number of hydrogen-bond acceptors (Lipinski definition) is 1. The molecule has 3 heteroatoms. The van der Waals surface area contributed by atoms with E-state index in [1.165, 1.54) is 21.2 Å². The molecule has 144 valence electrons. The van der Waals surface area contributed by atoms with E-state index in [0.29, 0.717) is 0 Å². The molecule has 0 N–H and O–H groups in total. The summed E-state index contributed by atoms with van der Waals surface area (Å²) in [6, 6.07) is 8.46. The van der Waals surface area contributed by atoms with Gasteiger partial charge in [0.2, 0.25) is 0 Å². The van der Waals surface area contributed by atoms with Crippen molar-refractivity contribution < 1.29 is 4.43 Å². The summed E-state index contributed by atoms with van der Waals surface area (Å²) in [5.74, 6) is 0. The lowest BCUT2D eigenvalue weighted by Gasteiger charge is -2.45. The zero-order valence-corrected chi connectivity index (χ0v) is 20.2. The molecule has 1 saturated carbocycles. The standard InChI is InChI=1S/C23H35BrOSi/c1-17-19(14-13-18-11-9-10-12-20(18)24)23(5,6)16-15-21(17)25-26(7,8)22(2,3)4/h9-12,14,21H,1,13,15-16H2,2-8H3/b19-14+. The largest absolute Gasteiger partial charge is 0.410 e. The fourth-order valence-corrected chi connectivity index (χ4v) is 5.13. The number of allylic oxidation sites excluding steroid dienone is 1. The van der Waals surface area contributed by atoms with Crippen LogP contribution in [0.5, 0.6) is 0 Å². The van der Waals surface area contributed by atoms with Gasteiger partial charge in [0, 0.05) is 4.47 Å². The summed E-state index contributed by atoms with van der Waals surface area (Å²) in [6.45, 7) is 20.8. The Morgan fingerprint density at radius 2 is 1.88 bits per heavy atom. The Labute approximate surface area is 170 Å². The van der Waals surface area contributed by atoms with E-state index in [0.717, 1.165) is 19.3 Å². The van der Waals surface area contributed by atoms with Crippen LogP contribution < -0.4 is 0 Å². The van der Waals surface area contributed by atoms with Crippen LogP contribution >= 0.6 is 15.9 Å². The minimum absolute atomic E-state index is 0.158. The van der Waals surface area contributed by atoms with Crippen LogP contribution in [0.1, 0.15) is 53.0 Å². The lowest BCUT2D eigenvalue weighted by molar-refractivity contribution is 0.165. The van der Waals surface area contributed by atoms with Crippen LogP contribution in [-0.2, 0) is 10.8 Å². The van der Waals surface area contributed by atoms with Gasteiger partial charge in [-0.2, -0.15) is 0 Å². The molecule has 0 aliphatic heterocycles. The quantitative estimate of drug-likeness (QED) is 0.441. The number of benzene rings is 1. The number of hydrogen-bond donors (Lipinski definition) is 0. The molecule has 1 aromatic carbocycles. The molecule has 0 heterocycles. The zero-order chi connectivity index (χ0) is 19.8. The third kappa shape index (κ3) is 4.79. The van der Waals surface area contributed by atoms with Gasteiger partial charge in [-0.3, -0.25) is 0 Å². The molecule has 1 aromatic rings. The van der Waals surface area contributed by atoms with E-state index < -0.39 is 8.32 Å². The van der Waals surface area contributed by atoms with E-state index in [1.807, 2.05) is 0 Å². The normalized spacial score (nSPS) is 22.7. The van der Waals surface area contributed by atoms with E-state index >= 15 is 0 Å². The highest BCUT2D eigenvalue weighted by Crippen LogP contribution is 2.46. The third-order valence-corrected chi connectivity index (χ3v) is 11.5. The van der Waals surface area contributed by atoms with Crippen molar-refractivity contribution in [3.63, 3.8) is 0 Å². The maximum absolute atomic E-state index is 6.74. The average molecular weight is 436 g/mol. The van der Waals surface area contributed by atoms with Crippen molar-refractivity contribution in [1.29, 1.82) is 0 Å². The Kier molecular flexibility index (Phi) is 6.47. The second-order valence-electron chi connectivity index (χ2n) is 9.73. The second-order valence-corrected chi connectivity index (χ2v) is 15.3. The Hall–Kier alpha value is -0.643. The third-order valence-electron chi connectivity index (χ3n) is 6.22. The first-order chi connectivity index (χ1) is 11.8. The summed E-state index contributed by atoms with van der Waals surface area (Å²) >= 11 is 3.67. The highest BCUT2D eigenvalue weighted by Gasteiger charge is 2.42. The van der Waals surface area contributed by atoms with Crippen molar-refractivity contribution in [2.75, 3.05) is 0 Å². The fraction of sp³-hybridized carbons (Fsp3) is 0.565. The second kappa shape index (κ2) is 7.77. The Morgan fingerprint density at radius 3 is 2.46 bits per heavy atom. The first kappa shape index (κ1) is 21.7. The van der Waals surface area contributed by atoms with Crippen LogP contribution in [0, 0.1) is 5.41 Å². The van der Waals surface area contributed by atoms with Crippen LogP contribution in [-0.4, -0.2) is 14.4 Å². The first-order valence-corrected chi connectivity index (χ1v) is 13.4. The van der Waals surface area contributed by atoms with Crippen LogP contribution in [0.25, 0.3) is 0 Å². The molecule has 1 aliphatic rings. The molecule has 1 atom stereocenters.